The van der Waals surface area contributed by atoms with E-state index in [4.69, 9.17) is 16.3 Å². The van der Waals surface area contributed by atoms with Crippen LogP contribution in [0.1, 0.15) is 37.8 Å². The number of hydrogen-bond donors (Lipinski definition) is 1. The zero-order valence-electron chi connectivity index (χ0n) is 23.3. The number of benzene rings is 3. The molecule has 1 N–H and O–H groups in total. The predicted octanol–water partition coefficient (Wildman–Crippen LogP) is 5.19. The van der Waals surface area contributed by atoms with Crippen LogP contribution in [0.2, 0.25) is 5.02 Å². The molecule has 10 heteroatoms. The molecule has 1 unspecified atom stereocenters. The zero-order chi connectivity index (χ0) is 29.3. The van der Waals surface area contributed by atoms with E-state index in [1.54, 1.807) is 67.6 Å². The number of carbonyl (C=O) groups excluding carboxylic acids is 2. The second-order valence-corrected chi connectivity index (χ2v) is 11.7. The third-order valence-corrected chi connectivity index (χ3v) is 8.70. The molecule has 214 valence electrons. The molecule has 0 fully saturated rings. The van der Waals surface area contributed by atoms with Crippen LogP contribution in [0.5, 0.6) is 5.75 Å². The van der Waals surface area contributed by atoms with Crippen LogP contribution in [-0.2, 0) is 26.2 Å². The molecule has 2 amide bonds. The Bertz CT molecular complexity index is 1400. The number of amides is 2. The van der Waals surface area contributed by atoms with Crippen molar-refractivity contribution in [1.82, 2.24) is 10.2 Å². The van der Waals surface area contributed by atoms with E-state index in [0.29, 0.717) is 28.6 Å². The number of methoxy groups -OCH3 is 1. The minimum absolute atomic E-state index is 0.00434. The molecule has 0 spiro atoms. The molecule has 1 atom stereocenters. The molecule has 0 saturated carbocycles. The second kappa shape index (κ2) is 14.2. The average Bonchev–Trinajstić information content (AvgIpc) is 2.95. The fraction of sp³-hybridized carbons (Fsp3) is 0.333. The predicted molar refractivity (Wildman–Crippen MR) is 158 cm³/mol. The van der Waals surface area contributed by atoms with E-state index in [9.17, 15) is 18.0 Å². The maximum atomic E-state index is 13.9. The number of nitrogens with one attached hydrogen (secondary N) is 1. The number of sulfonamides is 1. The van der Waals surface area contributed by atoms with Crippen molar-refractivity contribution in [2.75, 3.05) is 24.5 Å². The first kappa shape index (κ1) is 31.0. The summed E-state index contributed by atoms with van der Waals surface area (Å²) in [6, 6.07) is 19.0. The van der Waals surface area contributed by atoms with Crippen LogP contribution in [0.15, 0.2) is 77.7 Å². The number of halogens is 1. The molecular weight excluding hydrogens is 550 g/mol. The van der Waals surface area contributed by atoms with Crippen LogP contribution >= 0.6 is 11.6 Å². The number of rotatable bonds is 13. The Balaban J connectivity index is 2.00. The summed E-state index contributed by atoms with van der Waals surface area (Å²) in [5, 5.41) is 3.31. The summed E-state index contributed by atoms with van der Waals surface area (Å²) in [7, 11) is -2.67. The van der Waals surface area contributed by atoms with E-state index < -0.39 is 28.5 Å². The highest BCUT2D eigenvalue weighted by Crippen LogP contribution is 2.27. The van der Waals surface area contributed by atoms with E-state index in [1.165, 1.54) is 24.1 Å². The summed E-state index contributed by atoms with van der Waals surface area (Å²) in [5.41, 5.74) is 1.91. The van der Waals surface area contributed by atoms with Crippen molar-refractivity contribution in [3.63, 3.8) is 0 Å². The first-order valence-corrected chi connectivity index (χ1v) is 14.9. The van der Waals surface area contributed by atoms with Gasteiger partial charge in [-0.15, -0.1) is 0 Å². The molecule has 3 rings (SSSR count). The second-order valence-electron chi connectivity index (χ2n) is 9.46. The van der Waals surface area contributed by atoms with Gasteiger partial charge < -0.3 is 15.0 Å². The summed E-state index contributed by atoms with van der Waals surface area (Å²) < 4.78 is 34.0. The summed E-state index contributed by atoms with van der Waals surface area (Å²) in [6.07, 6.45) is 1.71. The first-order valence-electron chi connectivity index (χ1n) is 13.1. The van der Waals surface area contributed by atoms with Gasteiger partial charge in [0.1, 0.15) is 18.3 Å². The van der Waals surface area contributed by atoms with Crippen molar-refractivity contribution in [2.24, 2.45) is 0 Å². The van der Waals surface area contributed by atoms with Gasteiger partial charge in [-0.3, -0.25) is 13.9 Å². The molecule has 0 bridgehead atoms. The standard InChI is InChI=1S/C30H36ClN3O5S/c1-5-6-19-32-30(36)23(3)33(20-24-9-7-8-10-28(24)31)29(35)21-34(25-13-11-22(2)12-14-25)40(37,38)27-17-15-26(39-4)16-18-27/h7-18,23H,5-6,19-21H2,1-4H3,(H,32,36). The number of carbonyl (C=O) groups is 2. The van der Waals surface area contributed by atoms with Gasteiger partial charge in [0.2, 0.25) is 11.8 Å². The van der Waals surface area contributed by atoms with Crippen LogP contribution in [0, 0.1) is 6.92 Å². The fourth-order valence-corrected chi connectivity index (χ4v) is 5.65. The van der Waals surface area contributed by atoms with Gasteiger partial charge in [0, 0.05) is 18.1 Å². The monoisotopic (exact) mass is 585 g/mol. The summed E-state index contributed by atoms with van der Waals surface area (Å²) >= 11 is 6.40. The van der Waals surface area contributed by atoms with Crippen LogP contribution in [0.3, 0.4) is 0 Å². The zero-order valence-corrected chi connectivity index (χ0v) is 24.8. The topological polar surface area (TPSA) is 96.0 Å². The summed E-state index contributed by atoms with van der Waals surface area (Å²) in [6.45, 7) is 5.53. The Morgan fingerprint density at radius 2 is 1.65 bits per heavy atom. The third-order valence-electron chi connectivity index (χ3n) is 6.54. The Morgan fingerprint density at radius 1 is 1.00 bits per heavy atom. The fourth-order valence-electron chi connectivity index (χ4n) is 4.04. The first-order chi connectivity index (χ1) is 19.1. The highest BCUT2D eigenvalue weighted by molar-refractivity contribution is 7.92. The summed E-state index contributed by atoms with van der Waals surface area (Å²) in [4.78, 5) is 28.3. The Labute approximate surface area is 241 Å². The van der Waals surface area contributed by atoms with Crippen molar-refractivity contribution in [3.05, 3.63) is 88.9 Å². The molecule has 0 aliphatic heterocycles. The van der Waals surface area contributed by atoms with Gasteiger partial charge >= 0.3 is 0 Å². The number of aryl methyl sites for hydroxylation is 1. The number of hydrogen-bond acceptors (Lipinski definition) is 5. The van der Waals surface area contributed by atoms with Crippen molar-refractivity contribution >= 4 is 39.1 Å². The minimum atomic E-state index is -4.16. The maximum Gasteiger partial charge on any atom is 0.264 e. The minimum Gasteiger partial charge on any atom is -0.497 e. The van der Waals surface area contributed by atoms with E-state index in [2.05, 4.69) is 5.32 Å². The largest absolute Gasteiger partial charge is 0.497 e. The molecule has 0 aliphatic carbocycles. The van der Waals surface area contributed by atoms with E-state index in [1.807, 2.05) is 13.8 Å². The summed E-state index contributed by atoms with van der Waals surface area (Å²) in [5.74, 6) is -0.366. The van der Waals surface area contributed by atoms with Crippen molar-refractivity contribution in [2.45, 2.75) is 51.1 Å². The Morgan fingerprint density at radius 3 is 2.25 bits per heavy atom. The van der Waals surface area contributed by atoms with Crippen LogP contribution < -0.4 is 14.4 Å². The number of anilines is 1. The molecular formula is C30H36ClN3O5S. The van der Waals surface area contributed by atoms with Crippen LogP contribution in [0.25, 0.3) is 0 Å². The molecule has 8 nitrogen and oxygen atoms in total. The lowest BCUT2D eigenvalue weighted by molar-refractivity contribution is -0.139. The SMILES string of the molecule is CCCCNC(=O)C(C)N(Cc1ccccc1Cl)C(=O)CN(c1ccc(C)cc1)S(=O)(=O)c1ccc(OC)cc1. The van der Waals surface area contributed by atoms with Gasteiger partial charge in [-0.05, 0) is 68.3 Å². The van der Waals surface area contributed by atoms with Crippen LogP contribution in [0.4, 0.5) is 5.69 Å². The molecule has 0 heterocycles. The molecule has 0 saturated heterocycles. The quantitative estimate of drug-likeness (QED) is 0.279. The number of unbranched alkanes of at least 4 members (excludes halogenated alkanes) is 1. The van der Waals surface area contributed by atoms with Crippen molar-refractivity contribution < 1.29 is 22.7 Å². The average molecular weight is 586 g/mol. The number of nitrogens with zero attached hydrogens (tertiary/aromatic N) is 2. The third kappa shape index (κ3) is 7.76. The van der Waals surface area contributed by atoms with Crippen molar-refractivity contribution in [3.8, 4) is 5.75 Å². The van der Waals surface area contributed by atoms with Crippen molar-refractivity contribution in [1.29, 1.82) is 0 Å². The van der Waals surface area contributed by atoms with E-state index in [-0.39, 0.29) is 17.3 Å². The van der Waals surface area contributed by atoms with Crippen LogP contribution in [-0.4, -0.2) is 51.4 Å². The van der Waals surface area contributed by atoms with Gasteiger partial charge in [0.15, 0.2) is 0 Å². The van der Waals surface area contributed by atoms with Gasteiger partial charge in [-0.25, -0.2) is 8.42 Å². The maximum absolute atomic E-state index is 13.9. The highest BCUT2D eigenvalue weighted by Gasteiger charge is 2.32. The molecule has 40 heavy (non-hydrogen) atoms. The Hall–Kier alpha value is -3.56. The Kier molecular flexibility index (Phi) is 11.0. The molecule has 3 aromatic rings. The molecule has 0 radical (unpaired) electrons. The highest BCUT2D eigenvalue weighted by atomic mass is 35.5. The lowest BCUT2D eigenvalue weighted by Crippen LogP contribution is -2.51. The van der Waals surface area contributed by atoms with Gasteiger partial charge in [-0.1, -0.05) is 60.8 Å². The normalized spacial score (nSPS) is 11.9. The van der Waals surface area contributed by atoms with Gasteiger partial charge in [0.05, 0.1) is 17.7 Å². The van der Waals surface area contributed by atoms with Gasteiger partial charge in [-0.2, -0.15) is 0 Å². The molecule has 0 aliphatic rings. The van der Waals surface area contributed by atoms with E-state index in [0.717, 1.165) is 22.7 Å². The smallest absolute Gasteiger partial charge is 0.264 e. The lowest BCUT2D eigenvalue weighted by Gasteiger charge is -2.32. The number of ether oxygens (including phenoxy) is 1. The van der Waals surface area contributed by atoms with E-state index >= 15 is 0 Å². The lowest BCUT2D eigenvalue weighted by atomic mass is 10.1. The molecule has 0 aromatic heterocycles. The molecule has 3 aromatic carbocycles. The van der Waals surface area contributed by atoms with Gasteiger partial charge in [0.25, 0.3) is 10.0 Å².